The minimum Gasteiger partial charge on any atom is -0.455 e. The molecule has 2 amide bonds. The molecular formula is C19H21N3O5. The summed E-state index contributed by atoms with van der Waals surface area (Å²) in [5, 5.41) is 6.10. The Bertz CT molecular complexity index is 861. The lowest BCUT2D eigenvalue weighted by Gasteiger charge is -2.19. The zero-order valence-electron chi connectivity index (χ0n) is 15.2. The number of carbonyl (C=O) groups excluding carboxylic acids is 3. The van der Waals surface area contributed by atoms with E-state index in [1.807, 2.05) is 31.2 Å². The van der Waals surface area contributed by atoms with Gasteiger partial charge in [-0.2, -0.15) is 0 Å². The van der Waals surface area contributed by atoms with E-state index in [2.05, 4.69) is 10.5 Å². The van der Waals surface area contributed by atoms with Gasteiger partial charge in [-0.3, -0.25) is 14.4 Å². The van der Waals surface area contributed by atoms with Gasteiger partial charge in [0.1, 0.15) is 5.76 Å². The third-order valence-corrected chi connectivity index (χ3v) is 4.36. The van der Waals surface area contributed by atoms with Crippen molar-refractivity contribution in [3.8, 4) is 0 Å². The number of aryl methyl sites for hydroxylation is 2. The molecule has 1 aromatic heterocycles. The summed E-state index contributed by atoms with van der Waals surface area (Å²) in [5.74, 6) is -0.989. The number of anilines is 2. The first-order valence-corrected chi connectivity index (χ1v) is 8.76. The number of amides is 2. The molecule has 27 heavy (non-hydrogen) atoms. The SMILES string of the molecule is CCc1ccccc1N1CC(C(=O)OCC(=O)Nc2cc(C)on2)CC1=O. The minimum absolute atomic E-state index is 0.0704. The van der Waals surface area contributed by atoms with Crippen molar-refractivity contribution in [1.82, 2.24) is 5.16 Å². The summed E-state index contributed by atoms with van der Waals surface area (Å²) in [6.07, 6.45) is 0.859. The summed E-state index contributed by atoms with van der Waals surface area (Å²) in [7, 11) is 0. The second-order valence-corrected chi connectivity index (χ2v) is 6.37. The van der Waals surface area contributed by atoms with E-state index in [9.17, 15) is 14.4 Å². The predicted octanol–water partition coefficient (Wildman–Crippen LogP) is 2.08. The van der Waals surface area contributed by atoms with Crippen LogP contribution in [0.5, 0.6) is 0 Å². The standard InChI is InChI=1S/C19H21N3O5/c1-3-13-6-4-5-7-15(13)22-10-14(9-18(22)24)19(25)26-11-17(23)20-16-8-12(2)27-21-16/h4-8,14H,3,9-11H2,1-2H3,(H,20,21,23). The molecule has 1 aromatic carbocycles. The van der Waals surface area contributed by atoms with Gasteiger partial charge in [-0.1, -0.05) is 30.3 Å². The lowest BCUT2D eigenvalue weighted by molar-refractivity contribution is -0.151. The molecule has 0 saturated carbocycles. The maximum atomic E-state index is 12.4. The van der Waals surface area contributed by atoms with Gasteiger partial charge in [0.05, 0.1) is 5.92 Å². The molecule has 8 heteroatoms. The van der Waals surface area contributed by atoms with Gasteiger partial charge < -0.3 is 19.5 Å². The number of aromatic nitrogens is 1. The van der Waals surface area contributed by atoms with Crippen LogP contribution in [0.15, 0.2) is 34.9 Å². The first kappa shape index (κ1) is 18.6. The van der Waals surface area contributed by atoms with Crippen LogP contribution in [0.2, 0.25) is 0 Å². The van der Waals surface area contributed by atoms with Crippen molar-refractivity contribution in [1.29, 1.82) is 0 Å². The van der Waals surface area contributed by atoms with Crippen LogP contribution < -0.4 is 10.2 Å². The second kappa shape index (κ2) is 8.03. The van der Waals surface area contributed by atoms with Gasteiger partial charge in [0.15, 0.2) is 12.4 Å². The van der Waals surface area contributed by atoms with Crippen LogP contribution in [0.4, 0.5) is 11.5 Å². The Kier molecular flexibility index (Phi) is 5.54. The zero-order valence-corrected chi connectivity index (χ0v) is 15.2. The molecule has 1 N–H and O–H groups in total. The number of para-hydroxylation sites is 1. The molecule has 2 heterocycles. The van der Waals surface area contributed by atoms with Crippen LogP contribution in [-0.2, 0) is 25.5 Å². The molecule has 142 valence electrons. The Morgan fingerprint density at radius 2 is 2.15 bits per heavy atom. The zero-order chi connectivity index (χ0) is 19.4. The predicted molar refractivity (Wildman–Crippen MR) is 97.1 cm³/mol. The lowest BCUT2D eigenvalue weighted by atomic mass is 10.1. The van der Waals surface area contributed by atoms with Crippen LogP contribution in [0.3, 0.4) is 0 Å². The Morgan fingerprint density at radius 3 is 2.85 bits per heavy atom. The smallest absolute Gasteiger partial charge is 0.311 e. The third-order valence-electron chi connectivity index (χ3n) is 4.36. The largest absolute Gasteiger partial charge is 0.455 e. The topological polar surface area (TPSA) is 102 Å². The second-order valence-electron chi connectivity index (χ2n) is 6.37. The average Bonchev–Trinajstić information content (AvgIpc) is 3.25. The van der Waals surface area contributed by atoms with Crippen molar-refractivity contribution in [2.45, 2.75) is 26.7 Å². The number of nitrogens with one attached hydrogen (secondary N) is 1. The van der Waals surface area contributed by atoms with Crippen molar-refractivity contribution in [2.24, 2.45) is 5.92 Å². The number of hydrogen-bond donors (Lipinski definition) is 1. The van der Waals surface area contributed by atoms with E-state index in [1.165, 1.54) is 0 Å². The summed E-state index contributed by atoms with van der Waals surface area (Å²) in [4.78, 5) is 38.1. The number of esters is 1. The van der Waals surface area contributed by atoms with Gasteiger partial charge in [0.25, 0.3) is 5.91 Å². The van der Waals surface area contributed by atoms with Crippen LogP contribution in [-0.4, -0.2) is 36.1 Å². The van der Waals surface area contributed by atoms with Gasteiger partial charge in [-0.25, -0.2) is 0 Å². The highest BCUT2D eigenvalue weighted by molar-refractivity contribution is 6.00. The molecule has 3 rings (SSSR count). The molecule has 0 spiro atoms. The van der Waals surface area contributed by atoms with E-state index in [1.54, 1.807) is 17.9 Å². The van der Waals surface area contributed by atoms with E-state index >= 15 is 0 Å². The molecule has 1 saturated heterocycles. The highest BCUT2D eigenvalue weighted by atomic mass is 16.5. The van der Waals surface area contributed by atoms with E-state index in [0.29, 0.717) is 5.76 Å². The van der Waals surface area contributed by atoms with Crippen LogP contribution >= 0.6 is 0 Å². The average molecular weight is 371 g/mol. The Balaban J connectivity index is 1.55. The summed E-state index contributed by atoms with van der Waals surface area (Å²) in [6.45, 7) is 3.52. The molecule has 1 fully saturated rings. The number of ether oxygens (including phenoxy) is 1. The summed E-state index contributed by atoms with van der Waals surface area (Å²) in [5.41, 5.74) is 1.86. The normalized spacial score (nSPS) is 16.4. The van der Waals surface area contributed by atoms with Gasteiger partial charge in [0.2, 0.25) is 5.91 Å². The van der Waals surface area contributed by atoms with Crippen molar-refractivity contribution in [3.63, 3.8) is 0 Å². The number of benzene rings is 1. The number of rotatable bonds is 6. The summed E-state index contributed by atoms with van der Waals surface area (Å²) >= 11 is 0. The van der Waals surface area contributed by atoms with Crippen molar-refractivity contribution in [3.05, 3.63) is 41.7 Å². The fourth-order valence-corrected chi connectivity index (χ4v) is 3.03. The van der Waals surface area contributed by atoms with Crippen molar-refractivity contribution in [2.75, 3.05) is 23.4 Å². The quantitative estimate of drug-likeness (QED) is 0.780. The van der Waals surface area contributed by atoms with Crippen molar-refractivity contribution >= 4 is 29.3 Å². The number of carbonyl (C=O) groups is 3. The molecule has 1 unspecified atom stereocenters. The molecule has 1 aliphatic heterocycles. The van der Waals surface area contributed by atoms with Gasteiger partial charge in [-0.05, 0) is 25.0 Å². The molecule has 8 nitrogen and oxygen atoms in total. The van der Waals surface area contributed by atoms with E-state index in [-0.39, 0.29) is 24.7 Å². The number of nitrogens with zero attached hydrogens (tertiary/aromatic N) is 2. The monoisotopic (exact) mass is 371 g/mol. The fraction of sp³-hybridized carbons (Fsp3) is 0.368. The van der Waals surface area contributed by atoms with Gasteiger partial charge >= 0.3 is 5.97 Å². The van der Waals surface area contributed by atoms with Gasteiger partial charge in [0, 0.05) is 24.7 Å². The Labute approximate surface area is 156 Å². The molecule has 0 radical (unpaired) electrons. The first-order valence-electron chi connectivity index (χ1n) is 8.76. The summed E-state index contributed by atoms with van der Waals surface area (Å²) < 4.78 is 9.91. The maximum absolute atomic E-state index is 12.4. The molecular weight excluding hydrogens is 350 g/mol. The highest BCUT2D eigenvalue weighted by Crippen LogP contribution is 2.29. The van der Waals surface area contributed by atoms with Crippen LogP contribution in [0.1, 0.15) is 24.7 Å². The fourth-order valence-electron chi connectivity index (χ4n) is 3.03. The molecule has 0 aliphatic carbocycles. The van der Waals surface area contributed by atoms with Gasteiger partial charge in [-0.15, -0.1) is 0 Å². The molecule has 0 bridgehead atoms. The minimum atomic E-state index is -0.593. The Morgan fingerprint density at radius 1 is 1.37 bits per heavy atom. The molecule has 1 aliphatic rings. The van der Waals surface area contributed by atoms with Crippen LogP contribution in [0, 0.1) is 12.8 Å². The molecule has 2 aromatic rings. The Hall–Kier alpha value is -3.16. The first-order chi connectivity index (χ1) is 13.0. The van der Waals surface area contributed by atoms with E-state index in [0.717, 1.165) is 17.7 Å². The van der Waals surface area contributed by atoms with E-state index in [4.69, 9.17) is 9.26 Å². The molecule has 1 atom stereocenters. The maximum Gasteiger partial charge on any atom is 0.311 e. The number of hydrogen-bond acceptors (Lipinski definition) is 6. The highest BCUT2D eigenvalue weighted by Gasteiger charge is 2.37. The van der Waals surface area contributed by atoms with Crippen molar-refractivity contribution < 1.29 is 23.6 Å². The third kappa shape index (κ3) is 4.33. The lowest BCUT2D eigenvalue weighted by Crippen LogP contribution is -2.28. The van der Waals surface area contributed by atoms with Crippen LogP contribution in [0.25, 0.3) is 0 Å². The summed E-state index contributed by atoms with van der Waals surface area (Å²) in [6, 6.07) is 9.17. The van der Waals surface area contributed by atoms with E-state index < -0.39 is 24.4 Å².